The fraction of sp³-hybridized carbons (Fsp3) is 0.348. The van der Waals surface area contributed by atoms with Crippen molar-refractivity contribution >= 4 is 11.7 Å². The molecule has 2 aliphatic heterocycles. The summed E-state index contributed by atoms with van der Waals surface area (Å²) < 4.78 is 28.4. The zero-order valence-electron chi connectivity index (χ0n) is 16.6. The summed E-state index contributed by atoms with van der Waals surface area (Å²) >= 11 is 0. The molecular formula is C23H24O6. The smallest absolute Gasteiger partial charge is 0.341 e. The van der Waals surface area contributed by atoms with E-state index in [4.69, 9.17) is 23.7 Å². The quantitative estimate of drug-likeness (QED) is 0.502. The van der Waals surface area contributed by atoms with Crippen LogP contribution in [0.1, 0.15) is 43.4 Å². The highest BCUT2D eigenvalue weighted by Gasteiger charge is 2.37. The van der Waals surface area contributed by atoms with Crippen molar-refractivity contribution < 1.29 is 28.5 Å². The topological polar surface area (TPSA) is 63.2 Å². The fourth-order valence-corrected chi connectivity index (χ4v) is 3.51. The van der Waals surface area contributed by atoms with Gasteiger partial charge in [0, 0.05) is 5.56 Å². The molecule has 0 spiro atoms. The van der Waals surface area contributed by atoms with Gasteiger partial charge in [-0.05, 0) is 30.7 Å². The number of hydrogen-bond acceptors (Lipinski definition) is 6. The molecule has 0 amide bonds. The van der Waals surface area contributed by atoms with Gasteiger partial charge >= 0.3 is 5.97 Å². The number of methoxy groups -OCH3 is 1. The molecule has 1 unspecified atom stereocenters. The van der Waals surface area contributed by atoms with E-state index < -0.39 is 12.1 Å². The second kappa shape index (κ2) is 8.47. The van der Waals surface area contributed by atoms with E-state index in [1.165, 1.54) is 7.11 Å². The first kappa shape index (κ1) is 19.2. The van der Waals surface area contributed by atoms with Gasteiger partial charge in [-0.15, -0.1) is 0 Å². The summed E-state index contributed by atoms with van der Waals surface area (Å²) in [6, 6.07) is 13.1. The number of esters is 1. The Morgan fingerprint density at radius 2 is 1.90 bits per heavy atom. The third kappa shape index (κ3) is 3.75. The molecule has 0 radical (unpaired) electrons. The zero-order chi connectivity index (χ0) is 20.2. The molecule has 6 nitrogen and oxygen atoms in total. The van der Waals surface area contributed by atoms with E-state index >= 15 is 0 Å². The normalized spacial score (nSPS) is 16.8. The standard InChI is InChI=1S/C23H24O6/c1-3-4-7-12-26-22-16-8-5-6-9-17(16)29-21(20(22)23(24)25-2)15-10-11-18-19(13-15)28-14-27-18/h5-6,8-11,13,21H,3-4,7,12,14H2,1-2H3. The Balaban J connectivity index is 1.78. The first-order chi connectivity index (χ1) is 14.2. The molecule has 4 rings (SSSR count). The van der Waals surface area contributed by atoms with Crippen LogP contribution < -0.4 is 14.2 Å². The summed E-state index contributed by atoms with van der Waals surface area (Å²) in [5, 5.41) is 0. The highest BCUT2D eigenvalue weighted by atomic mass is 16.7. The highest BCUT2D eigenvalue weighted by molar-refractivity contribution is 5.99. The predicted molar refractivity (Wildman–Crippen MR) is 107 cm³/mol. The average Bonchev–Trinajstić information content (AvgIpc) is 3.23. The minimum absolute atomic E-state index is 0.179. The van der Waals surface area contributed by atoms with Gasteiger partial charge in [0.2, 0.25) is 6.79 Å². The molecule has 0 saturated heterocycles. The third-order valence-electron chi connectivity index (χ3n) is 4.98. The second-order valence-electron chi connectivity index (χ2n) is 6.90. The minimum atomic E-state index is -0.673. The molecule has 2 aliphatic rings. The van der Waals surface area contributed by atoms with Gasteiger partial charge in [-0.2, -0.15) is 0 Å². The van der Waals surface area contributed by atoms with Crippen molar-refractivity contribution in [3.05, 3.63) is 59.2 Å². The lowest BCUT2D eigenvalue weighted by Crippen LogP contribution is -2.24. The average molecular weight is 396 g/mol. The Hall–Kier alpha value is -3.15. The highest BCUT2D eigenvalue weighted by Crippen LogP contribution is 2.45. The Morgan fingerprint density at radius 3 is 2.72 bits per heavy atom. The lowest BCUT2D eigenvalue weighted by molar-refractivity contribution is -0.137. The van der Waals surface area contributed by atoms with Crippen molar-refractivity contribution in [1.82, 2.24) is 0 Å². The van der Waals surface area contributed by atoms with Crippen molar-refractivity contribution in [2.75, 3.05) is 20.5 Å². The van der Waals surface area contributed by atoms with Crippen molar-refractivity contribution in [3.8, 4) is 17.2 Å². The Morgan fingerprint density at radius 1 is 1.07 bits per heavy atom. The monoisotopic (exact) mass is 396 g/mol. The lowest BCUT2D eigenvalue weighted by Gasteiger charge is -2.30. The third-order valence-corrected chi connectivity index (χ3v) is 4.98. The van der Waals surface area contributed by atoms with Crippen LogP contribution in [-0.2, 0) is 14.3 Å². The molecule has 0 aromatic heterocycles. The van der Waals surface area contributed by atoms with E-state index in [0.717, 1.165) is 30.4 Å². The van der Waals surface area contributed by atoms with Crippen LogP contribution in [0.3, 0.4) is 0 Å². The maximum absolute atomic E-state index is 12.8. The number of ether oxygens (including phenoxy) is 5. The van der Waals surface area contributed by atoms with E-state index in [1.54, 1.807) is 0 Å². The molecule has 0 N–H and O–H groups in total. The molecule has 2 aromatic rings. The van der Waals surface area contributed by atoms with E-state index in [9.17, 15) is 4.79 Å². The van der Waals surface area contributed by atoms with Crippen LogP contribution in [0.25, 0.3) is 5.76 Å². The number of carbonyl (C=O) groups is 1. The summed E-state index contributed by atoms with van der Waals surface area (Å²) in [6.07, 6.45) is 2.38. The molecule has 0 aliphatic carbocycles. The minimum Gasteiger partial charge on any atom is -0.492 e. The van der Waals surface area contributed by atoms with Crippen LogP contribution in [-0.4, -0.2) is 26.5 Å². The van der Waals surface area contributed by atoms with Gasteiger partial charge in [0.1, 0.15) is 17.1 Å². The number of para-hydroxylation sites is 1. The summed E-state index contributed by atoms with van der Waals surface area (Å²) in [6.45, 7) is 2.84. The summed E-state index contributed by atoms with van der Waals surface area (Å²) in [4.78, 5) is 12.8. The van der Waals surface area contributed by atoms with Gasteiger partial charge in [-0.25, -0.2) is 4.79 Å². The summed E-state index contributed by atoms with van der Waals surface area (Å²) in [5.74, 6) is 1.99. The van der Waals surface area contributed by atoms with Gasteiger partial charge < -0.3 is 23.7 Å². The molecule has 0 bridgehead atoms. The molecule has 0 fully saturated rings. The Kier molecular flexibility index (Phi) is 5.60. The lowest BCUT2D eigenvalue weighted by atomic mass is 9.94. The Bertz CT molecular complexity index is 933. The number of rotatable bonds is 7. The first-order valence-electron chi connectivity index (χ1n) is 9.83. The van der Waals surface area contributed by atoms with Gasteiger partial charge in [-0.1, -0.05) is 38.0 Å². The van der Waals surface area contributed by atoms with Crippen LogP contribution in [0.5, 0.6) is 17.2 Å². The molecule has 2 aromatic carbocycles. The van der Waals surface area contributed by atoms with Gasteiger partial charge in [0.05, 0.1) is 19.3 Å². The van der Waals surface area contributed by atoms with E-state index in [-0.39, 0.29) is 6.79 Å². The van der Waals surface area contributed by atoms with E-state index in [0.29, 0.717) is 35.2 Å². The van der Waals surface area contributed by atoms with Crippen LogP contribution in [0.4, 0.5) is 0 Å². The van der Waals surface area contributed by atoms with Crippen molar-refractivity contribution in [2.45, 2.75) is 32.3 Å². The zero-order valence-corrected chi connectivity index (χ0v) is 16.6. The van der Waals surface area contributed by atoms with E-state index in [1.807, 2.05) is 42.5 Å². The van der Waals surface area contributed by atoms with Crippen molar-refractivity contribution in [2.24, 2.45) is 0 Å². The molecule has 152 valence electrons. The predicted octanol–water partition coefficient (Wildman–Crippen LogP) is 4.64. The summed E-state index contributed by atoms with van der Waals surface area (Å²) in [5.41, 5.74) is 1.86. The molecule has 0 saturated carbocycles. The second-order valence-corrected chi connectivity index (χ2v) is 6.90. The van der Waals surface area contributed by atoms with Gasteiger partial charge in [0.15, 0.2) is 17.6 Å². The van der Waals surface area contributed by atoms with Crippen molar-refractivity contribution in [3.63, 3.8) is 0 Å². The molecular weight excluding hydrogens is 372 g/mol. The molecule has 29 heavy (non-hydrogen) atoms. The van der Waals surface area contributed by atoms with E-state index in [2.05, 4.69) is 6.92 Å². The number of unbranched alkanes of at least 4 members (excludes halogenated alkanes) is 2. The largest absolute Gasteiger partial charge is 0.492 e. The summed E-state index contributed by atoms with van der Waals surface area (Å²) in [7, 11) is 1.36. The van der Waals surface area contributed by atoms with Crippen LogP contribution >= 0.6 is 0 Å². The number of carbonyl (C=O) groups excluding carboxylic acids is 1. The maximum atomic E-state index is 12.8. The van der Waals surface area contributed by atoms with Crippen LogP contribution in [0.2, 0.25) is 0 Å². The first-order valence-corrected chi connectivity index (χ1v) is 9.83. The Labute approximate surface area is 170 Å². The maximum Gasteiger partial charge on any atom is 0.341 e. The van der Waals surface area contributed by atoms with Crippen LogP contribution in [0, 0.1) is 0 Å². The van der Waals surface area contributed by atoms with Gasteiger partial charge in [0.25, 0.3) is 0 Å². The SMILES string of the molecule is CCCCCOC1=C(C(=O)OC)C(c2ccc3c(c2)OCO3)Oc2ccccc21. The van der Waals surface area contributed by atoms with Crippen LogP contribution in [0.15, 0.2) is 48.0 Å². The number of fused-ring (bicyclic) bond motifs is 2. The van der Waals surface area contributed by atoms with Gasteiger partial charge in [-0.3, -0.25) is 0 Å². The fourth-order valence-electron chi connectivity index (χ4n) is 3.51. The number of hydrogen-bond donors (Lipinski definition) is 0. The molecule has 1 atom stereocenters. The van der Waals surface area contributed by atoms with Crippen molar-refractivity contribution in [1.29, 1.82) is 0 Å². The molecule has 2 heterocycles. The number of benzene rings is 2. The molecule has 6 heteroatoms.